The first-order valence-corrected chi connectivity index (χ1v) is 8.15. The normalized spacial score (nSPS) is 32.1. The molecule has 1 amide bonds. The van der Waals surface area contributed by atoms with Crippen molar-refractivity contribution >= 4 is 21.9 Å². The van der Waals surface area contributed by atoms with Gasteiger partial charge in [-0.15, -0.1) is 0 Å². The standard InChI is InChI=1S/C11H15N3O5S/c1-20(18,19)13-4-6-2-5-3-12-7-8(5)14(10(7)15)9(6)11(16)17/h5,7-8,12-13H,2-4H2,1H3,(H,16,17)/t5-,7+,8-/m1/s1. The molecule has 3 heterocycles. The molecule has 0 saturated carbocycles. The summed E-state index contributed by atoms with van der Waals surface area (Å²) < 4.78 is 24.6. The third-order valence-electron chi connectivity index (χ3n) is 4.06. The molecule has 0 radical (unpaired) electrons. The van der Waals surface area contributed by atoms with Crippen LogP contribution in [-0.4, -0.2) is 61.7 Å². The van der Waals surface area contributed by atoms with E-state index in [4.69, 9.17) is 0 Å². The van der Waals surface area contributed by atoms with Gasteiger partial charge in [0.25, 0.3) is 0 Å². The molecule has 3 aliphatic heterocycles. The first kappa shape index (κ1) is 13.5. The third kappa shape index (κ3) is 1.93. The van der Waals surface area contributed by atoms with Crippen LogP contribution >= 0.6 is 0 Å². The Morgan fingerprint density at radius 3 is 2.85 bits per heavy atom. The molecule has 2 fully saturated rings. The smallest absolute Gasteiger partial charge is 0.352 e. The molecule has 0 aromatic heterocycles. The zero-order valence-corrected chi connectivity index (χ0v) is 11.6. The number of carboxylic acids is 1. The number of rotatable bonds is 4. The lowest BCUT2D eigenvalue weighted by Gasteiger charge is -2.48. The number of nitrogens with zero attached hydrogens (tertiary/aromatic N) is 1. The molecule has 3 rings (SSSR count). The highest BCUT2D eigenvalue weighted by molar-refractivity contribution is 7.88. The van der Waals surface area contributed by atoms with Crippen LogP contribution in [0.25, 0.3) is 0 Å². The van der Waals surface area contributed by atoms with Gasteiger partial charge in [0.15, 0.2) is 0 Å². The molecule has 3 aliphatic rings. The first-order chi connectivity index (χ1) is 9.29. The van der Waals surface area contributed by atoms with Gasteiger partial charge >= 0.3 is 5.97 Å². The molecular formula is C11H15N3O5S. The molecule has 20 heavy (non-hydrogen) atoms. The van der Waals surface area contributed by atoms with Crippen molar-refractivity contribution < 1.29 is 23.1 Å². The molecule has 0 aliphatic carbocycles. The number of carboxylic acid groups (broad SMARTS) is 1. The Morgan fingerprint density at radius 1 is 1.55 bits per heavy atom. The quantitative estimate of drug-likeness (QED) is 0.521. The van der Waals surface area contributed by atoms with Crippen LogP contribution in [0.4, 0.5) is 0 Å². The lowest BCUT2D eigenvalue weighted by molar-refractivity contribution is -0.153. The maximum Gasteiger partial charge on any atom is 0.352 e. The predicted molar refractivity (Wildman–Crippen MR) is 68.0 cm³/mol. The Kier molecular flexibility index (Phi) is 2.89. The van der Waals surface area contributed by atoms with Crippen LogP contribution in [0, 0.1) is 5.92 Å². The molecule has 0 aromatic rings. The van der Waals surface area contributed by atoms with E-state index in [-0.39, 0.29) is 36.2 Å². The Morgan fingerprint density at radius 2 is 2.25 bits per heavy atom. The van der Waals surface area contributed by atoms with E-state index in [0.717, 1.165) is 6.26 Å². The SMILES string of the molecule is CS(=O)(=O)NCC1=C(C(=O)O)N2C(=O)[C@H]3NC[C@@H](C1)[C@H]32. The van der Waals surface area contributed by atoms with Crippen LogP contribution < -0.4 is 10.0 Å². The van der Waals surface area contributed by atoms with Crippen molar-refractivity contribution in [2.45, 2.75) is 18.5 Å². The monoisotopic (exact) mass is 301 g/mol. The molecule has 2 saturated heterocycles. The lowest BCUT2D eigenvalue weighted by atomic mass is 9.79. The fourth-order valence-electron chi connectivity index (χ4n) is 3.26. The van der Waals surface area contributed by atoms with Crippen molar-refractivity contribution in [2.24, 2.45) is 5.92 Å². The summed E-state index contributed by atoms with van der Waals surface area (Å²) in [5, 5.41) is 12.4. The zero-order valence-electron chi connectivity index (χ0n) is 10.8. The van der Waals surface area contributed by atoms with Crippen molar-refractivity contribution in [1.29, 1.82) is 0 Å². The minimum Gasteiger partial charge on any atom is -0.477 e. The Balaban J connectivity index is 1.94. The van der Waals surface area contributed by atoms with Gasteiger partial charge in [-0.25, -0.2) is 17.9 Å². The lowest BCUT2D eigenvalue weighted by Crippen LogP contribution is -2.68. The topological polar surface area (TPSA) is 116 Å². The van der Waals surface area contributed by atoms with E-state index < -0.39 is 16.0 Å². The molecular weight excluding hydrogens is 286 g/mol. The number of β-lactam (4-membered cyclic amide) rings is 1. The van der Waals surface area contributed by atoms with E-state index in [1.807, 2.05) is 0 Å². The molecule has 3 N–H and O–H groups in total. The highest BCUT2D eigenvalue weighted by Crippen LogP contribution is 2.42. The van der Waals surface area contributed by atoms with Gasteiger partial charge in [0, 0.05) is 13.1 Å². The Labute approximate surface area is 115 Å². The van der Waals surface area contributed by atoms with Crippen molar-refractivity contribution in [3.8, 4) is 0 Å². The number of amides is 1. The van der Waals surface area contributed by atoms with Crippen LogP contribution in [0.15, 0.2) is 11.3 Å². The fourth-order valence-corrected chi connectivity index (χ4v) is 3.70. The Hall–Kier alpha value is -1.45. The summed E-state index contributed by atoms with van der Waals surface area (Å²) in [7, 11) is -3.41. The largest absolute Gasteiger partial charge is 0.477 e. The number of carbonyl (C=O) groups is 2. The highest BCUT2D eigenvalue weighted by atomic mass is 32.2. The average Bonchev–Trinajstić information content (AvgIpc) is 2.73. The minimum atomic E-state index is -3.41. The van der Waals surface area contributed by atoms with Crippen LogP contribution in [0.3, 0.4) is 0 Å². The maximum atomic E-state index is 11.9. The summed E-state index contributed by atoms with van der Waals surface area (Å²) in [6, 6.07) is -0.380. The van der Waals surface area contributed by atoms with E-state index in [1.165, 1.54) is 4.90 Å². The van der Waals surface area contributed by atoms with Crippen molar-refractivity contribution in [1.82, 2.24) is 14.9 Å². The molecule has 110 valence electrons. The van der Waals surface area contributed by atoms with E-state index in [0.29, 0.717) is 18.5 Å². The average molecular weight is 301 g/mol. The maximum absolute atomic E-state index is 11.9. The number of sulfonamides is 1. The number of hydrogen-bond donors (Lipinski definition) is 3. The second-order valence-corrected chi connectivity index (χ2v) is 7.23. The van der Waals surface area contributed by atoms with Crippen molar-refractivity contribution in [3.05, 3.63) is 11.3 Å². The predicted octanol–water partition coefficient (Wildman–Crippen LogP) is -1.92. The molecule has 9 heteroatoms. The van der Waals surface area contributed by atoms with Gasteiger partial charge in [-0.05, 0) is 17.9 Å². The molecule has 0 aromatic carbocycles. The third-order valence-corrected chi connectivity index (χ3v) is 4.73. The second-order valence-electron chi connectivity index (χ2n) is 5.40. The van der Waals surface area contributed by atoms with E-state index in [1.54, 1.807) is 0 Å². The highest BCUT2D eigenvalue weighted by Gasteiger charge is 2.59. The van der Waals surface area contributed by atoms with Crippen LogP contribution in [0.1, 0.15) is 6.42 Å². The van der Waals surface area contributed by atoms with Crippen LogP contribution in [-0.2, 0) is 19.6 Å². The molecule has 0 unspecified atom stereocenters. The van der Waals surface area contributed by atoms with Gasteiger partial charge in [0.1, 0.15) is 11.7 Å². The van der Waals surface area contributed by atoms with Gasteiger partial charge in [0.2, 0.25) is 15.9 Å². The van der Waals surface area contributed by atoms with E-state index in [2.05, 4.69) is 10.0 Å². The first-order valence-electron chi connectivity index (χ1n) is 6.26. The Bertz CT molecular complexity index is 626. The van der Waals surface area contributed by atoms with Gasteiger partial charge in [-0.2, -0.15) is 0 Å². The second kappa shape index (κ2) is 4.27. The summed E-state index contributed by atoms with van der Waals surface area (Å²) in [5.74, 6) is -1.28. The molecule has 8 nitrogen and oxygen atoms in total. The number of nitrogens with one attached hydrogen (secondary N) is 2. The van der Waals surface area contributed by atoms with Gasteiger partial charge in [-0.3, -0.25) is 9.69 Å². The number of carbonyl (C=O) groups excluding carboxylic acids is 1. The zero-order chi connectivity index (χ0) is 14.7. The summed E-state index contributed by atoms with van der Waals surface area (Å²) in [6.07, 6.45) is 1.50. The number of hydrogen-bond acceptors (Lipinski definition) is 5. The number of aliphatic carboxylic acids is 1. The van der Waals surface area contributed by atoms with Gasteiger partial charge in [0.05, 0.1) is 12.3 Å². The fraction of sp³-hybridized carbons (Fsp3) is 0.636. The minimum absolute atomic E-state index is 0.0626. The molecule has 0 spiro atoms. The summed E-state index contributed by atoms with van der Waals surface area (Å²) in [5.41, 5.74) is 0.395. The summed E-state index contributed by atoms with van der Waals surface area (Å²) >= 11 is 0. The molecule has 0 bridgehead atoms. The summed E-state index contributed by atoms with van der Waals surface area (Å²) in [4.78, 5) is 24.7. The van der Waals surface area contributed by atoms with Gasteiger partial charge < -0.3 is 10.4 Å². The van der Waals surface area contributed by atoms with Gasteiger partial charge in [-0.1, -0.05) is 0 Å². The van der Waals surface area contributed by atoms with E-state index >= 15 is 0 Å². The molecule has 3 atom stereocenters. The van der Waals surface area contributed by atoms with Crippen molar-refractivity contribution in [2.75, 3.05) is 19.3 Å². The van der Waals surface area contributed by atoms with Crippen LogP contribution in [0.5, 0.6) is 0 Å². The van der Waals surface area contributed by atoms with Crippen LogP contribution in [0.2, 0.25) is 0 Å². The van der Waals surface area contributed by atoms with Crippen molar-refractivity contribution in [3.63, 3.8) is 0 Å². The van der Waals surface area contributed by atoms with E-state index in [9.17, 15) is 23.1 Å². The summed E-state index contributed by atoms with van der Waals surface area (Å²) in [6.45, 7) is 0.574.